The molecule has 0 atom stereocenters. The number of hydrogen-bond donors (Lipinski definition) is 3. The van der Waals surface area contributed by atoms with Gasteiger partial charge >= 0.3 is 49.4 Å². The molecule has 6 nitrogen and oxygen atoms in total. The number of H-pyrrole nitrogens is 2. The summed E-state index contributed by atoms with van der Waals surface area (Å²) in [5.41, 5.74) is 10.0. The number of unbranched alkanes of at least 4 members (excludes halogenated alkanes) is 1. The van der Waals surface area contributed by atoms with Gasteiger partial charge in [0.1, 0.15) is 24.7 Å². The SMILES string of the molecule is C.CCCCC(=O)c1c[nH]c2c(OCc3ccccc3)cccc12.CCCN.[HH].[I][V][I].c1ccc(COc2cccc3cc[nH]c23)cc1. The molecule has 257 valence electrons. The van der Waals surface area contributed by atoms with Gasteiger partial charge in [-0.15, -0.1) is 0 Å². The molecule has 0 bridgehead atoms. The molecule has 6 aromatic rings. The molecule has 6 rings (SSSR count). The van der Waals surface area contributed by atoms with Crippen LogP contribution in [0.1, 0.15) is 69.9 Å². The van der Waals surface area contributed by atoms with E-state index in [0.29, 0.717) is 29.1 Å². The first-order chi connectivity index (χ1) is 23.1. The van der Waals surface area contributed by atoms with E-state index in [1.165, 1.54) is 10.9 Å². The van der Waals surface area contributed by atoms with Crippen molar-refractivity contribution < 1.29 is 25.2 Å². The number of aromatic amines is 2. The van der Waals surface area contributed by atoms with Crippen LogP contribution in [0.4, 0.5) is 0 Å². The Labute approximate surface area is 316 Å². The quantitative estimate of drug-likeness (QED) is 0.0892. The summed E-state index contributed by atoms with van der Waals surface area (Å²) in [6.45, 7) is 6.08. The third kappa shape index (κ3) is 13.6. The number of nitrogens with one attached hydrogen (secondary N) is 2. The minimum atomic E-state index is 0. The fourth-order valence-corrected chi connectivity index (χ4v) is 4.60. The van der Waals surface area contributed by atoms with E-state index in [1.54, 1.807) is 6.20 Å². The van der Waals surface area contributed by atoms with E-state index in [0.717, 1.165) is 64.9 Å². The monoisotopic (exact) mass is 912 g/mol. The third-order valence-corrected chi connectivity index (χ3v) is 7.05. The van der Waals surface area contributed by atoms with E-state index in [-0.39, 0.29) is 14.6 Å². The average molecular weight is 913 g/mol. The van der Waals surface area contributed by atoms with Crippen molar-refractivity contribution in [3.05, 3.63) is 132 Å². The van der Waals surface area contributed by atoms with Crippen LogP contribution in [0.2, 0.25) is 0 Å². The number of ether oxygens (including phenoxy) is 2. The number of carbonyl (C=O) groups is 1. The Hall–Kier alpha value is -2.77. The molecule has 0 amide bonds. The van der Waals surface area contributed by atoms with Crippen molar-refractivity contribution in [2.75, 3.05) is 6.54 Å². The molecule has 4 aromatic carbocycles. The van der Waals surface area contributed by atoms with Crippen LogP contribution in [0.25, 0.3) is 21.8 Å². The van der Waals surface area contributed by atoms with Gasteiger partial charge in [0.25, 0.3) is 0 Å². The predicted octanol–water partition coefficient (Wildman–Crippen LogP) is 11.9. The van der Waals surface area contributed by atoms with E-state index in [2.05, 4.69) is 82.0 Å². The predicted molar refractivity (Wildman–Crippen MR) is 218 cm³/mol. The fourth-order valence-electron chi connectivity index (χ4n) is 4.60. The number of benzene rings is 4. The molecule has 0 saturated carbocycles. The standard InChI is InChI=1S/C20H21NO2.C15H13NO.C3H9N.CH4.2HI.V.H2/c1-2-3-11-18(22)17-13-21-20-16(17)10-7-12-19(20)23-14-15-8-5-4-6-9-15;1-2-5-12(6-3-1)11-17-14-8-4-7-13-9-10-16-15(13)14;1-2-3-4;;;;;/h4-10,12-13,21H,2-3,11,14H2,1H3;1-10,16H,11H2;2-4H2,1H3;1H4;2*1H;;1H/q;;;;;;+2;/p-2. The van der Waals surface area contributed by atoms with E-state index in [9.17, 15) is 4.79 Å². The largest absolute Gasteiger partial charge is 0.487 e. The zero-order chi connectivity index (χ0) is 33.7. The zero-order valence-corrected chi connectivity index (χ0v) is 32.6. The molecule has 0 fully saturated rings. The Morgan fingerprint density at radius 1 is 0.750 bits per heavy atom. The number of nitrogens with two attached hydrogens (primary N) is 1. The Kier molecular flexibility index (Phi) is 21.0. The zero-order valence-electron chi connectivity index (χ0n) is 26.9. The maximum atomic E-state index is 12.3. The van der Waals surface area contributed by atoms with Crippen LogP contribution in [0.5, 0.6) is 11.5 Å². The first-order valence-electron chi connectivity index (χ1n) is 15.7. The smallest absolute Gasteiger partial charge is 0.143 e. The second-order valence-electron chi connectivity index (χ2n) is 10.5. The number of aromatic nitrogens is 2. The second-order valence-corrected chi connectivity index (χ2v) is 22.3. The van der Waals surface area contributed by atoms with Crippen LogP contribution in [-0.2, 0) is 22.7 Å². The number of hydrogen-bond acceptors (Lipinski definition) is 4. The van der Waals surface area contributed by atoms with Crippen molar-refractivity contribution in [1.82, 2.24) is 9.97 Å². The van der Waals surface area contributed by atoms with Crippen LogP contribution in [0.3, 0.4) is 0 Å². The number of Topliss-reactive ketones (excluding diaryl/α,β-unsaturated/α-hetero) is 1. The molecule has 2 heterocycles. The third-order valence-electron chi connectivity index (χ3n) is 7.05. The van der Waals surface area contributed by atoms with Crippen LogP contribution in [0, 0.1) is 0 Å². The van der Waals surface area contributed by atoms with E-state index in [1.807, 2.05) is 91.1 Å². The molecular weight excluding hydrogens is 863 g/mol. The fraction of sp³-hybridized carbons (Fsp3) is 0.256. The number of ketones is 1. The Bertz CT molecular complexity index is 1730. The van der Waals surface area contributed by atoms with Crippen molar-refractivity contribution in [2.24, 2.45) is 5.73 Å². The molecule has 0 spiro atoms. The molecule has 0 radical (unpaired) electrons. The number of para-hydroxylation sites is 2. The van der Waals surface area contributed by atoms with Gasteiger partial charge in [0.2, 0.25) is 0 Å². The maximum Gasteiger partial charge on any atom is 0.143 e. The number of halogens is 2. The minimum absolute atomic E-state index is 0. The first kappa shape index (κ1) is 41.4. The van der Waals surface area contributed by atoms with Gasteiger partial charge in [-0.25, -0.2) is 0 Å². The molecule has 0 aliphatic rings. The Morgan fingerprint density at radius 2 is 1.29 bits per heavy atom. The van der Waals surface area contributed by atoms with Gasteiger partial charge in [0.15, 0.2) is 5.78 Å². The number of rotatable bonds is 11. The van der Waals surface area contributed by atoms with Gasteiger partial charge in [0, 0.05) is 36.6 Å². The van der Waals surface area contributed by atoms with E-state index < -0.39 is 0 Å². The molecule has 48 heavy (non-hydrogen) atoms. The molecule has 0 aliphatic heterocycles. The van der Waals surface area contributed by atoms with Gasteiger partial charge in [-0.3, -0.25) is 4.79 Å². The summed E-state index contributed by atoms with van der Waals surface area (Å²) in [6.07, 6.45) is 7.38. The molecule has 0 saturated heterocycles. The normalized spacial score (nSPS) is 9.85. The summed E-state index contributed by atoms with van der Waals surface area (Å²) in [5.74, 6) is 1.87. The van der Waals surface area contributed by atoms with Gasteiger partial charge in [0.05, 0.1) is 11.0 Å². The van der Waals surface area contributed by atoms with Crippen molar-refractivity contribution in [1.29, 1.82) is 0 Å². The summed E-state index contributed by atoms with van der Waals surface area (Å²) in [5, 5.41) is 2.12. The summed E-state index contributed by atoms with van der Waals surface area (Å²) in [4.78, 5) is 18.7. The van der Waals surface area contributed by atoms with Crippen molar-refractivity contribution in [3.8, 4) is 11.5 Å². The number of fused-ring (bicyclic) bond motifs is 2. The molecule has 0 aliphatic carbocycles. The topological polar surface area (TPSA) is 93.1 Å². The van der Waals surface area contributed by atoms with Crippen LogP contribution in [-0.4, -0.2) is 22.3 Å². The van der Waals surface area contributed by atoms with Crippen molar-refractivity contribution in [3.63, 3.8) is 0 Å². The van der Waals surface area contributed by atoms with Gasteiger partial charge in [-0.2, -0.15) is 0 Å². The average Bonchev–Trinajstić information content (AvgIpc) is 3.79. The molecule has 2 aromatic heterocycles. The Balaban J connectivity index is 0.000000408. The van der Waals surface area contributed by atoms with Crippen LogP contribution < -0.4 is 15.2 Å². The molecule has 9 heteroatoms. The summed E-state index contributed by atoms with van der Waals surface area (Å²) < 4.78 is 11.8. The Morgan fingerprint density at radius 3 is 1.83 bits per heavy atom. The maximum absolute atomic E-state index is 12.3. The summed E-state index contributed by atoms with van der Waals surface area (Å²) >= 11 is 4.74. The van der Waals surface area contributed by atoms with Crippen LogP contribution >= 0.6 is 40.0 Å². The molecule has 0 unspecified atom stereocenters. The first-order valence-corrected chi connectivity index (χ1v) is 24.7. The van der Waals surface area contributed by atoms with Gasteiger partial charge in [-0.1, -0.05) is 113 Å². The number of carbonyl (C=O) groups excluding carboxylic acids is 1. The van der Waals surface area contributed by atoms with E-state index in [4.69, 9.17) is 15.2 Å². The van der Waals surface area contributed by atoms with Crippen molar-refractivity contribution in [2.45, 2.75) is 60.2 Å². The van der Waals surface area contributed by atoms with Crippen molar-refractivity contribution >= 4 is 67.5 Å². The second kappa shape index (κ2) is 24.4. The molecular formula is C39H49I2N3O3V. The summed E-state index contributed by atoms with van der Waals surface area (Å²) in [7, 11) is 0.628. The van der Waals surface area contributed by atoms with E-state index >= 15 is 0 Å². The van der Waals surface area contributed by atoms with Crippen LogP contribution in [0.15, 0.2) is 116 Å². The molecule has 4 N–H and O–H groups in total. The minimum Gasteiger partial charge on any atom is -0.487 e. The van der Waals surface area contributed by atoms with Gasteiger partial charge in [-0.05, 0) is 48.7 Å². The van der Waals surface area contributed by atoms with Gasteiger partial charge < -0.3 is 25.2 Å². The summed E-state index contributed by atoms with van der Waals surface area (Å²) in [6, 6.07) is 34.2.